The molecule has 0 rings (SSSR count). The second-order valence-corrected chi connectivity index (χ2v) is 3.89. The van der Waals surface area contributed by atoms with Gasteiger partial charge in [-0.05, 0) is 5.92 Å². The second kappa shape index (κ2) is 7.61. The molecule has 0 saturated heterocycles. The van der Waals surface area contributed by atoms with Crippen molar-refractivity contribution in [1.82, 2.24) is 5.32 Å². The van der Waals surface area contributed by atoms with E-state index in [0.717, 1.165) is 0 Å². The minimum absolute atomic E-state index is 0.0121. The number of carbonyl (C=O) groups is 3. The van der Waals surface area contributed by atoms with Crippen LogP contribution < -0.4 is 16.8 Å². The summed E-state index contributed by atoms with van der Waals surface area (Å²) in [5.41, 5.74) is 10.3. The van der Waals surface area contributed by atoms with E-state index in [-0.39, 0.29) is 25.3 Å². The van der Waals surface area contributed by atoms with Crippen molar-refractivity contribution in [2.75, 3.05) is 6.54 Å². The summed E-state index contributed by atoms with van der Waals surface area (Å²) < 4.78 is 0. The molecule has 0 fully saturated rings. The van der Waals surface area contributed by atoms with E-state index >= 15 is 0 Å². The second-order valence-electron chi connectivity index (χ2n) is 3.89. The highest BCUT2D eigenvalue weighted by Gasteiger charge is 2.18. The maximum atomic E-state index is 11.4. The molecule has 0 bridgehead atoms. The van der Waals surface area contributed by atoms with Gasteiger partial charge in [-0.1, -0.05) is 13.3 Å². The molecule has 0 aliphatic rings. The largest absolute Gasteiger partial charge is 0.481 e. The van der Waals surface area contributed by atoms with Crippen LogP contribution in [-0.4, -0.2) is 35.5 Å². The van der Waals surface area contributed by atoms with E-state index in [1.165, 1.54) is 0 Å². The number of nitrogens with two attached hydrogens (primary N) is 2. The van der Waals surface area contributed by atoms with Gasteiger partial charge in [0.2, 0.25) is 11.8 Å². The van der Waals surface area contributed by atoms with Crippen molar-refractivity contribution in [1.29, 1.82) is 0 Å². The molecule has 7 nitrogen and oxygen atoms in total. The Hall–Kier alpha value is -1.63. The Morgan fingerprint density at radius 3 is 2.29 bits per heavy atom. The van der Waals surface area contributed by atoms with Gasteiger partial charge >= 0.3 is 5.97 Å². The molecule has 0 aliphatic heterocycles. The quantitative estimate of drug-likeness (QED) is 0.426. The van der Waals surface area contributed by atoms with Gasteiger partial charge in [-0.2, -0.15) is 0 Å². The highest BCUT2D eigenvalue weighted by Crippen LogP contribution is 2.06. The topological polar surface area (TPSA) is 136 Å². The number of aliphatic carboxylic acids is 1. The maximum Gasteiger partial charge on any atom is 0.303 e. The molecule has 0 spiro atoms. The minimum Gasteiger partial charge on any atom is -0.481 e. The zero-order chi connectivity index (χ0) is 13.4. The molecule has 0 aromatic rings. The van der Waals surface area contributed by atoms with Gasteiger partial charge < -0.3 is 21.9 Å². The third-order valence-electron chi connectivity index (χ3n) is 2.36. The first-order valence-corrected chi connectivity index (χ1v) is 5.40. The van der Waals surface area contributed by atoms with Gasteiger partial charge in [-0.25, -0.2) is 0 Å². The number of rotatable bonds is 8. The Morgan fingerprint density at radius 1 is 1.29 bits per heavy atom. The van der Waals surface area contributed by atoms with Crippen LogP contribution in [0.2, 0.25) is 0 Å². The molecular formula is C10H19N3O4. The molecule has 0 radical (unpaired) electrons. The van der Waals surface area contributed by atoms with E-state index in [1.54, 1.807) is 0 Å². The van der Waals surface area contributed by atoms with Gasteiger partial charge in [0.25, 0.3) is 0 Å². The third kappa shape index (κ3) is 7.29. The highest BCUT2D eigenvalue weighted by atomic mass is 16.4. The zero-order valence-electron chi connectivity index (χ0n) is 9.81. The van der Waals surface area contributed by atoms with Crippen LogP contribution in [-0.2, 0) is 14.4 Å². The monoisotopic (exact) mass is 245 g/mol. The lowest BCUT2D eigenvalue weighted by molar-refractivity contribution is -0.138. The molecule has 2 unspecified atom stereocenters. The maximum absolute atomic E-state index is 11.4. The Kier molecular flexibility index (Phi) is 6.88. The van der Waals surface area contributed by atoms with Crippen molar-refractivity contribution < 1.29 is 19.5 Å². The Balaban J connectivity index is 4.03. The summed E-state index contributed by atoms with van der Waals surface area (Å²) in [5.74, 6) is -2.19. The minimum atomic E-state index is -0.977. The standard InChI is InChI=1S/C10H19N3O4/c1-2-6(3-9(15)16)5-13-10(17)7(11)4-8(12)14/h6-7H,2-5,11H2,1H3,(H2,12,14)(H,13,17)(H,15,16). The van der Waals surface area contributed by atoms with Crippen molar-refractivity contribution >= 4 is 17.8 Å². The smallest absolute Gasteiger partial charge is 0.303 e. The van der Waals surface area contributed by atoms with Crippen LogP contribution in [0, 0.1) is 5.92 Å². The molecule has 0 aliphatic carbocycles. The normalized spacial score (nSPS) is 13.8. The Morgan fingerprint density at radius 2 is 1.88 bits per heavy atom. The third-order valence-corrected chi connectivity index (χ3v) is 2.36. The van der Waals surface area contributed by atoms with E-state index in [2.05, 4.69) is 5.32 Å². The average Bonchev–Trinajstić information content (AvgIpc) is 2.22. The molecule has 17 heavy (non-hydrogen) atoms. The highest BCUT2D eigenvalue weighted by molar-refractivity contribution is 5.87. The molecule has 2 amide bonds. The van der Waals surface area contributed by atoms with Gasteiger partial charge in [-0.3, -0.25) is 14.4 Å². The Bertz CT molecular complexity index is 293. The summed E-state index contributed by atoms with van der Waals surface area (Å²) in [6, 6.07) is -0.977. The summed E-state index contributed by atoms with van der Waals surface area (Å²) in [6.45, 7) is 2.07. The van der Waals surface area contributed by atoms with Gasteiger partial charge in [0.15, 0.2) is 0 Å². The average molecular weight is 245 g/mol. The van der Waals surface area contributed by atoms with E-state index in [0.29, 0.717) is 6.42 Å². The molecule has 0 aromatic heterocycles. The molecule has 98 valence electrons. The molecule has 2 atom stereocenters. The lowest BCUT2D eigenvalue weighted by Crippen LogP contribution is -2.44. The first-order chi connectivity index (χ1) is 7.86. The zero-order valence-corrected chi connectivity index (χ0v) is 9.81. The lowest BCUT2D eigenvalue weighted by atomic mass is 10.0. The van der Waals surface area contributed by atoms with Gasteiger partial charge in [0.05, 0.1) is 12.5 Å². The van der Waals surface area contributed by atoms with E-state index in [1.807, 2.05) is 6.92 Å². The van der Waals surface area contributed by atoms with Crippen LogP contribution in [0.3, 0.4) is 0 Å². The van der Waals surface area contributed by atoms with Crippen molar-refractivity contribution in [2.45, 2.75) is 32.2 Å². The van der Waals surface area contributed by atoms with Crippen molar-refractivity contribution in [3.8, 4) is 0 Å². The van der Waals surface area contributed by atoms with Crippen LogP contribution in [0.4, 0.5) is 0 Å². The number of carbonyl (C=O) groups excluding carboxylic acids is 2. The number of hydrogen-bond donors (Lipinski definition) is 4. The Labute approximate surface area is 99.5 Å². The number of primary amides is 1. The first kappa shape index (κ1) is 15.4. The summed E-state index contributed by atoms with van der Waals surface area (Å²) in [7, 11) is 0. The van der Waals surface area contributed by atoms with Crippen LogP contribution in [0.5, 0.6) is 0 Å². The summed E-state index contributed by atoms with van der Waals surface area (Å²) >= 11 is 0. The predicted octanol–water partition coefficient (Wildman–Crippen LogP) is -1.19. The summed E-state index contributed by atoms with van der Waals surface area (Å²) in [4.78, 5) is 32.4. The number of hydrogen-bond acceptors (Lipinski definition) is 4. The fraction of sp³-hybridized carbons (Fsp3) is 0.700. The lowest BCUT2D eigenvalue weighted by Gasteiger charge is -2.15. The van der Waals surface area contributed by atoms with Crippen LogP contribution >= 0.6 is 0 Å². The molecular weight excluding hydrogens is 226 g/mol. The number of carboxylic acid groups (broad SMARTS) is 1. The summed E-state index contributed by atoms with van der Waals surface area (Å²) in [6.07, 6.45) is 0.404. The van der Waals surface area contributed by atoms with Crippen molar-refractivity contribution in [3.63, 3.8) is 0 Å². The van der Waals surface area contributed by atoms with Crippen LogP contribution in [0.25, 0.3) is 0 Å². The van der Waals surface area contributed by atoms with Gasteiger partial charge in [-0.15, -0.1) is 0 Å². The number of carboxylic acids is 1. The fourth-order valence-electron chi connectivity index (χ4n) is 1.29. The number of nitrogens with one attached hydrogen (secondary N) is 1. The molecule has 6 N–H and O–H groups in total. The van der Waals surface area contributed by atoms with Crippen molar-refractivity contribution in [3.05, 3.63) is 0 Å². The van der Waals surface area contributed by atoms with Crippen LogP contribution in [0.1, 0.15) is 26.2 Å². The molecule has 0 heterocycles. The molecule has 0 aromatic carbocycles. The molecule has 7 heteroatoms. The van der Waals surface area contributed by atoms with Crippen LogP contribution in [0.15, 0.2) is 0 Å². The van der Waals surface area contributed by atoms with E-state index in [4.69, 9.17) is 16.6 Å². The van der Waals surface area contributed by atoms with Crippen molar-refractivity contribution in [2.24, 2.45) is 17.4 Å². The van der Waals surface area contributed by atoms with Gasteiger partial charge in [0, 0.05) is 13.0 Å². The predicted molar refractivity (Wildman–Crippen MR) is 60.8 cm³/mol. The van der Waals surface area contributed by atoms with Gasteiger partial charge in [0.1, 0.15) is 0 Å². The molecule has 0 saturated carbocycles. The van der Waals surface area contributed by atoms with E-state index < -0.39 is 23.8 Å². The SMILES string of the molecule is CCC(CNC(=O)C(N)CC(N)=O)CC(=O)O. The first-order valence-electron chi connectivity index (χ1n) is 5.40. The van der Waals surface area contributed by atoms with E-state index in [9.17, 15) is 14.4 Å². The number of amides is 2. The fourth-order valence-corrected chi connectivity index (χ4v) is 1.29. The summed E-state index contributed by atoms with van der Waals surface area (Å²) in [5, 5.41) is 11.1.